The number of aryl methyl sites for hydroxylation is 2. The van der Waals surface area contributed by atoms with Gasteiger partial charge in [0.1, 0.15) is 11.5 Å². The van der Waals surface area contributed by atoms with Crippen LogP contribution in [0.5, 0.6) is 0 Å². The monoisotopic (exact) mass is 449 g/mol. The third-order valence-electron chi connectivity index (χ3n) is 5.28. The first kappa shape index (κ1) is 21.5. The van der Waals surface area contributed by atoms with Gasteiger partial charge in [0.15, 0.2) is 0 Å². The highest BCUT2D eigenvalue weighted by Crippen LogP contribution is 2.34. The third-order valence-corrected chi connectivity index (χ3v) is 6.17. The fraction of sp³-hybridized carbons (Fsp3) is 0.429. The minimum Gasteiger partial charge on any atom is -0.342 e. The number of halogens is 3. The molecule has 164 valence electrons. The summed E-state index contributed by atoms with van der Waals surface area (Å²) in [4.78, 5) is 23.4. The van der Waals surface area contributed by atoms with E-state index in [4.69, 9.17) is 0 Å². The van der Waals surface area contributed by atoms with E-state index in [1.54, 1.807) is 27.1 Å². The average Bonchev–Trinajstić information content (AvgIpc) is 3.43. The quantitative estimate of drug-likeness (QED) is 0.574. The molecule has 1 aliphatic rings. The molecule has 0 spiro atoms. The molecule has 0 unspecified atom stereocenters. The van der Waals surface area contributed by atoms with E-state index in [1.807, 2.05) is 19.2 Å². The molecule has 0 saturated carbocycles. The third kappa shape index (κ3) is 5.12. The van der Waals surface area contributed by atoms with Gasteiger partial charge in [0.2, 0.25) is 5.91 Å². The van der Waals surface area contributed by atoms with E-state index in [0.717, 1.165) is 11.8 Å². The Hall–Kier alpha value is -2.75. The SMILES string of the molecule is Cc1ccn(CCC(=O)N2CCC[C@@H](c3nc(-c4cccs4)cc(C(F)(F)F)n3)C2)n1. The molecule has 1 atom stereocenters. The average molecular weight is 450 g/mol. The summed E-state index contributed by atoms with van der Waals surface area (Å²) < 4.78 is 42.1. The van der Waals surface area contributed by atoms with Crippen LogP contribution in [0.15, 0.2) is 35.8 Å². The summed E-state index contributed by atoms with van der Waals surface area (Å²) in [7, 11) is 0. The number of piperidine rings is 1. The van der Waals surface area contributed by atoms with Crippen LogP contribution >= 0.6 is 11.3 Å². The smallest absolute Gasteiger partial charge is 0.342 e. The molecule has 1 aliphatic heterocycles. The normalized spacial score (nSPS) is 17.2. The Morgan fingerprint density at radius 3 is 2.81 bits per heavy atom. The molecule has 0 aromatic carbocycles. The molecule has 0 N–H and O–H groups in total. The molecule has 3 aromatic heterocycles. The number of hydrogen-bond acceptors (Lipinski definition) is 5. The molecule has 0 radical (unpaired) electrons. The highest BCUT2D eigenvalue weighted by atomic mass is 32.1. The molecule has 6 nitrogen and oxygen atoms in total. The van der Waals surface area contributed by atoms with Gasteiger partial charge in [-0.25, -0.2) is 9.97 Å². The van der Waals surface area contributed by atoms with Crippen LogP contribution in [-0.2, 0) is 17.5 Å². The van der Waals surface area contributed by atoms with Gasteiger partial charge in [-0.3, -0.25) is 9.48 Å². The fourth-order valence-electron chi connectivity index (χ4n) is 3.71. The topological polar surface area (TPSA) is 63.9 Å². The van der Waals surface area contributed by atoms with Crippen molar-refractivity contribution in [2.24, 2.45) is 0 Å². The van der Waals surface area contributed by atoms with E-state index in [0.29, 0.717) is 37.4 Å². The predicted octanol–water partition coefficient (Wildman–Crippen LogP) is 4.53. The van der Waals surface area contributed by atoms with E-state index in [-0.39, 0.29) is 29.8 Å². The maximum absolute atomic E-state index is 13.5. The fourth-order valence-corrected chi connectivity index (χ4v) is 4.40. The molecule has 10 heteroatoms. The molecular weight excluding hydrogens is 427 g/mol. The predicted molar refractivity (Wildman–Crippen MR) is 110 cm³/mol. The molecule has 1 fully saturated rings. The van der Waals surface area contributed by atoms with Gasteiger partial charge in [0.05, 0.1) is 16.3 Å². The first-order chi connectivity index (χ1) is 14.8. The van der Waals surface area contributed by atoms with Gasteiger partial charge in [-0.1, -0.05) is 6.07 Å². The Balaban J connectivity index is 1.52. The van der Waals surface area contributed by atoms with Crippen LogP contribution in [0, 0.1) is 6.92 Å². The van der Waals surface area contributed by atoms with Crippen molar-refractivity contribution in [3.8, 4) is 10.6 Å². The largest absolute Gasteiger partial charge is 0.433 e. The summed E-state index contributed by atoms with van der Waals surface area (Å²) in [5.74, 6) is -0.215. The van der Waals surface area contributed by atoms with Crippen LogP contribution in [0.3, 0.4) is 0 Å². The number of likely N-dealkylation sites (tertiary alicyclic amines) is 1. The zero-order chi connectivity index (χ0) is 22.0. The van der Waals surface area contributed by atoms with Crippen LogP contribution in [0.1, 0.15) is 42.4 Å². The van der Waals surface area contributed by atoms with Crippen LogP contribution in [0.2, 0.25) is 0 Å². The van der Waals surface area contributed by atoms with E-state index in [9.17, 15) is 18.0 Å². The standard InChI is InChI=1S/C21H22F3N5OS/c1-14-6-9-29(27-14)10-7-19(30)28-8-2-4-15(13-28)20-25-16(17-5-3-11-31-17)12-18(26-20)21(22,23)24/h3,5-6,9,11-12,15H,2,4,7-8,10,13H2,1H3/t15-/m1/s1. The molecule has 1 amide bonds. The Labute approximate surface area is 181 Å². The second-order valence-electron chi connectivity index (χ2n) is 7.62. The molecule has 1 saturated heterocycles. The number of hydrogen-bond donors (Lipinski definition) is 0. The van der Waals surface area contributed by atoms with Gasteiger partial charge in [0.25, 0.3) is 0 Å². The molecule has 0 bridgehead atoms. The number of thiophene rings is 1. The lowest BCUT2D eigenvalue weighted by molar-refractivity contribution is -0.141. The summed E-state index contributed by atoms with van der Waals surface area (Å²) >= 11 is 1.33. The maximum Gasteiger partial charge on any atom is 0.433 e. The summed E-state index contributed by atoms with van der Waals surface area (Å²) in [5, 5.41) is 6.08. The Morgan fingerprint density at radius 1 is 1.29 bits per heavy atom. The summed E-state index contributed by atoms with van der Waals surface area (Å²) in [6.45, 7) is 3.26. The number of aromatic nitrogens is 4. The van der Waals surface area contributed by atoms with Crippen LogP contribution in [-0.4, -0.2) is 43.6 Å². The first-order valence-corrected chi connectivity index (χ1v) is 11.0. The van der Waals surface area contributed by atoms with Gasteiger partial charge in [-0.15, -0.1) is 11.3 Å². The number of alkyl halides is 3. The number of carbonyl (C=O) groups excluding carboxylic acids is 1. The Morgan fingerprint density at radius 2 is 2.13 bits per heavy atom. The zero-order valence-corrected chi connectivity index (χ0v) is 17.8. The molecule has 4 rings (SSSR count). The van der Waals surface area contributed by atoms with Crippen LogP contribution in [0.4, 0.5) is 13.2 Å². The summed E-state index contributed by atoms with van der Waals surface area (Å²) in [6.07, 6.45) is -1.10. The second-order valence-corrected chi connectivity index (χ2v) is 8.57. The van der Waals surface area contributed by atoms with Gasteiger partial charge in [0, 0.05) is 38.2 Å². The highest BCUT2D eigenvalue weighted by Gasteiger charge is 2.35. The molecule has 4 heterocycles. The van der Waals surface area contributed by atoms with Crippen molar-refractivity contribution < 1.29 is 18.0 Å². The number of amides is 1. The molecule has 3 aromatic rings. The van der Waals surface area contributed by atoms with Gasteiger partial charge >= 0.3 is 6.18 Å². The van der Waals surface area contributed by atoms with Crippen LogP contribution in [0.25, 0.3) is 10.6 Å². The summed E-state index contributed by atoms with van der Waals surface area (Å²) in [5.41, 5.74) is 0.206. The number of nitrogens with zero attached hydrogens (tertiary/aromatic N) is 5. The maximum atomic E-state index is 13.5. The lowest BCUT2D eigenvalue weighted by Gasteiger charge is -2.32. The van der Waals surface area contributed by atoms with Crippen molar-refractivity contribution in [2.45, 2.75) is 44.8 Å². The van der Waals surface area contributed by atoms with Crippen molar-refractivity contribution in [3.05, 3.63) is 53.1 Å². The number of rotatable bonds is 5. The van der Waals surface area contributed by atoms with E-state index < -0.39 is 11.9 Å². The van der Waals surface area contributed by atoms with Crippen molar-refractivity contribution in [1.29, 1.82) is 0 Å². The lowest BCUT2D eigenvalue weighted by atomic mass is 9.96. The minimum absolute atomic E-state index is 0.0386. The van der Waals surface area contributed by atoms with Gasteiger partial charge in [-0.05, 0) is 43.3 Å². The van der Waals surface area contributed by atoms with Crippen molar-refractivity contribution in [2.75, 3.05) is 13.1 Å². The molecular formula is C21H22F3N5OS. The Bertz CT molecular complexity index is 1050. The summed E-state index contributed by atoms with van der Waals surface area (Å²) in [6, 6.07) is 6.38. The zero-order valence-electron chi connectivity index (χ0n) is 17.0. The van der Waals surface area contributed by atoms with Crippen molar-refractivity contribution in [1.82, 2.24) is 24.6 Å². The Kier molecular flexibility index (Phi) is 6.08. The van der Waals surface area contributed by atoms with Gasteiger partial charge in [-0.2, -0.15) is 18.3 Å². The van der Waals surface area contributed by atoms with Crippen molar-refractivity contribution >= 4 is 17.2 Å². The second kappa shape index (κ2) is 8.78. The lowest BCUT2D eigenvalue weighted by Crippen LogP contribution is -2.40. The van der Waals surface area contributed by atoms with E-state index in [2.05, 4.69) is 15.1 Å². The van der Waals surface area contributed by atoms with Crippen molar-refractivity contribution in [3.63, 3.8) is 0 Å². The number of carbonyl (C=O) groups is 1. The van der Waals surface area contributed by atoms with Crippen LogP contribution < -0.4 is 0 Å². The van der Waals surface area contributed by atoms with E-state index >= 15 is 0 Å². The van der Waals surface area contributed by atoms with E-state index in [1.165, 1.54) is 11.3 Å². The minimum atomic E-state index is -4.56. The highest BCUT2D eigenvalue weighted by molar-refractivity contribution is 7.13. The van der Waals surface area contributed by atoms with Gasteiger partial charge < -0.3 is 4.90 Å². The molecule has 0 aliphatic carbocycles. The molecule has 31 heavy (non-hydrogen) atoms. The first-order valence-electron chi connectivity index (χ1n) is 10.1.